The van der Waals surface area contributed by atoms with E-state index in [9.17, 15) is 9.18 Å². The topological polar surface area (TPSA) is 53.9 Å². The maximum Gasteiger partial charge on any atom is 0.331 e. The number of halogens is 1. The first-order valence-corrected chi connectivity index (χ1v) is 7.71. The molecule has 0 saturated carbocycles. The molecule has 0 fully saturated rings. The molecule has 0 aliphatic carbocycles. The molecule has 1 N–H and O–H groups in total. The Kier molecular flexibility index (Phi) is 4.74. The Morgan fingerprint density at radius 1 is 1.25 bits per heavy atom. The predicted molar refractivity (Wildman–Crippen MR) is 92.4 cm³/mol. The standard InChI is InChI=1S/C18H18FN3O2/c1-24-16-9-7-14(8-10-16)21-18(23)22(17-6-3-11-20-17)15-5-2-4-13(19)12-15/h2,4-5,7-10,12H,3,6,11H2,1H3,(H,21,23). The van der Waals surface area contributed by atoms with E-state index in [1.54, 1.807) is 43.5 Å². The van der Waals surface area contributed by atoms with E-state index in [-0.39, 0.29) is 6.03 Å². The Bertz CT molecular complexity index is 759. The van der Waals surface area contributed by atoms with E-state index in [1.807, 2.05) is 0 Å². The molecule has 2 amide bonds. The molecule has 0 saturated heterocycles. The second-order valence-corrected chi connectivity index (χ2v) is 5.38. The van der Waals surface area contributed by atoms with Gasteiger partial charge in [0.25, 0.3) is 0 Å². The number of rotatable bonds is 3. The van der Waals surface area contributed by atoms with Crippen LogP contribution in [-0.2, 0) is 0 Å². The second kappa shape index (κ2) is 7.12. The Balaban J connectivity index is 1.85. The number of hydrogen-bond acceptors (Lipinski definition) is 3. The minimum Gasteiger partial charge on any atom is -0.497 e. The smallest absolute Gasteiger partial charge is 0.331 e. The predicted octanol–water partition coefficient (Wildman–Crippen LogP) is 4.07. The summed E-state index contributed by atoms with van der Waals surface area (Å²) in [5.41, 5.74) is 1.09. The lowest BCUT2D eigenvalue weighted by molar-refractivity contribution is 0.259. The van der Waals surface area contributed by atoms with Crippen molar-refractivity contribution in [3.8, 4) is 5.75 Å². The average molecular weight is 327 g/mol. The van der Waals surface area contributed by atoms with Gasteiger partial charge in [-0.1, -0.05) is 6.07 Å². The zero-order valence-electron chi connectivity index (χ0n) is 13.3. The minimum absolute atomic E-state index is 0.369. The van der Waals surface area contributed by atoms with Gasteiger partial charge in [0, 0.05) is 18.7 Å². The van der Waals surface area contributed by atoms with Crippen LogP contribution in [-0.4, -0.2) is 25.5 Å². The summed E-state index contributed by atoms with van der Waals surface area (Å²) in [5, 5.41) is 2.82. The molecule has 24 heavy (non-hydrogen) atoms. The fourth-order valence-corrected chi connectivity index (χ4v) is 2.56. The highest BCUT2D eigenvalue weighted by molar-refractivity contribution is 6.20. The number of benzene rings is 2. The SMILES string of the molecule is COc1ccc(NC(=O)N(C2=NCCC2)c2cccc(F)c2)cc1. The fraction of sp³-hybridized carbons (Fsp3) is 0.222. The molecule has 0 bridgehead atoms. The number of carbonyl (C=O) groups excluding carboxylic acids is 1. The first-order chi connectivity index (χ1) is 11.7. The van der Waals surface area contributed by atoms with Gasteiger partial charge in [-0.2, -0.15) is 0 Å². The number of nitrogens with zero attached hydrogens (tertiary/aromatic N) is 2. The van der Waals surface area contributed by atoms with Crippen LogP contribution in [0.25, 0.3) is 0 Å². The zero-order valence-corrected chi connectivity index (χ0v) is 13.3. The van der Waals surface area contributed by atoms with Crippen molar-refractivity contribution in [3.63, 3.8) is 0 Å². The lowest BCUT2D eigenvalue weighted by Gasteiger charge is -2.23. The van der Waals surface area contributed by atoms with E-state index in [0.29, 0.717) is 35.9 Å². The monoisotopic (exact) mass is 327 g/mol. The summed E-state index contributed by atoms with van der Waals surface area (Å²) in [4.78, 5) is 18.5. The number of methoxy groups -OCH3 is 1. The molecular formula is C18H18FN3O2. The molecule has 0 aromatic heterocycles. The van der Waals surface area contributed by atoms with Crippen LogP contribution in [0.3, 0.4) is 0 Å². The van der Waals surface area contributed by atoms with Crippen molar-refractivity contribution < 1.29 is 13.9 Å². The highest BCUT2D eigenvalue weighted by atomic mass is 19.1. The first kappa shape index (κ1) is 16.0. The summed E-state index contributed by atoms with van der Waals surface area (Å²) in [6.45, 7) is 0.678. The molecule has 124 valence electrons. The third-order valence-electron chi connectivity index (χ3n) is 3.72. The average Bonchev–Trinajstić information content (AvgIpc) is 3.10. The van der Waals surface area contributed by atoms with Gasteiger partial charge in [0.1, 0.15) is 17.4 Å². The number of anilines is 2. The number of amides is 2. The van der Waals surface area contributed by atoms with Crippen molar-refractivity contribution >= 4 is 23.2 Å². The number of urea groups is 1. The molecule has 0 atom stereocenters. The van der Waals surface area contributed by atoms with Gasteiger partial charge in [0.2, 0.25) is 0 Å². The maximum atomic E-state index is 13.6. The Morgan fingerprint density at radius 3 is 2.67 bits per heavy atom. The van der Waals surface area contributed by atoms with Crippen LogP contribution < -0.4 is 15.0 Å². The van der Waals surface area contributed by atoms with Crippen molar-refractivity contribution in [2.24, 2.45) is 4.99 Å². The number of carbonyl (C=O) groups is 1. The summed E-state index contributed by atoms with van der Waals surface area (Å²) >= 11 is 0. The van der Waals surface area contributed by atoms with E-state index >= 15 is 0 Å². The number of aliphatic imine (C=N–C) groups is 1. The number of amidine groups is 1. The number of nitrogens with one attached hydrogen (secondary N) is 1. The summed E-state index contributed by atoms with van der Waals surface area (Å²) in [5.74, 6) is 0.954. The van der Waals surface area contributed by atoms with Crippen molar-refractivity contribution in [2.45, 2.75) is 12.8 Å². The van der Waals surface area contributed by atoms with Crippen LogP contribution in [0.1, 0.15) is 12.8 Å². The Hall–Kier alpha value is -2.89. The molecule has 1 aliphatic rings. The van der Waals surface area contributed by atoms with Crippen LogP contribution >= 0.6 is 0 Å². The van der Waals surface area contributed by atoms with Crippen LogP contribution in [0.4, 0.5) is 20.6 Å². The second-order valence-electron chi connectivity index (χ2n) is 5.38. The number of hydrogen-bond donors (Lipinski definition) is 1. The van der Waals surface area contributed by atoms with Crippen LogP contribution in [0.5, 0.6) is 5.75 Å². The summed E-state index contributed by atoms with van der Waals surface area (Å²) < 4.78 is 18.7. The van der Waals surface area contributed by atoms with Gasteiger partial charge in [0.15, 0.2) is 0 Å². The van der Waals surface area contributed by atoms with Gasteiger partial charge in [-0.3, -0.25) is 9.89 Å². The fourth-order valence-electron chi connectivity index (χ4n) is 2.56. The lowest BCUT2D eigenvalue weighted by atomic mass is 10.2. The van der Waals surface area contributed by atoms with E-state index in [4.69, 9.17) is 4.74 Å². The molecule has 0 unspecified atom stereocenters. The van der Waals surface area contributed by atoms with Crippen molar-refractivity contribution in [3.05, 3.63) is 54.3 Å². The highest BCUT2D eigenvalue weighted by Gasteiger charge is 2.24. The van der Waals surface area contributed by atoms with Gasteiger partial charge in [0.05, 0.1) is 12.8 Å². The van der Waals surface area contributed by atoms with Crippen LogP contribution in [0.2, 0.25) is 0 Å². The van der Waals surface area contributed by atoms with Crippen LogP contribution in [0.15, 0.2) is 53.5 Å². The van der Waals surface area contributed by atoms with Gasteiger partial charge in [-0.15, -0.1) is 0 Å². The minimum atomic E-state index is -0.395. The van der Waals surface area contributed by atoms with Crippen molar-refractivity contribution in [1.82, 2.24) is 0 Å². The van der Waals surface area contributed by atoms with Gasteiger partial charge in [-0.05, 0) is 48.9 Å². The molecule has 0 radical (unpaired) electrons. The van der Waals surface area contributed by atoms with E-state index in [2.05, 4.69) is 10.3 Å². The Labute approximate surface area is 139 Å². The van der Waals surface area contributed by atoms with E-state index in [1.165, 1.54) is 17.0 Å². The molecule has 5 nitrogen and oxygen atoms in total. The van der Waals surface area contributed by atoms with Crippen LogP contribution in [0, 0.1) is 5.82 Å². The molecule has 2 aromatic rings. The molecule has 0 spiro atoms. The molecule has 1 aliphatic heterocycles. The molecule has 2 aromatic carbocycles. The summed E-state index contributed by atoms with van der Waals surface area (Å²) in [6, 6.07) is 12.6. The summed E-state index contributed by atoms with van der Waals surface area (Å²) in [7, 11) is 1.58. The number of ether oxygens (including phenoxy) is 1. The normalized spacial score (nSPS) is 13.3. The largest absolute Gasteiger partial charge is 0.497 e. The third-order valence-corrected chi connectivity index (χ3v) is 3.72. The molecule has 1 heterocycles. The zero-order chi connectivity index (χ0) is 16.9. The molecular weight excluding hydrogens is 309 g/mol. The van der Waals surface area contributed by atoms with E-state index in [0.717, 1.165) is 6.42 Å². The first-order valence-electron chi connectivity index (χ1n) is 7.71. The van der Waals surface area contributed by atoms with Crippen molar-refractivity contribution in [1.29, 1.82) is 0 Å². The maximum absolute atomic E-state index is 13.6. The van der Waals surface area contributed by atoms with Crippen molar-refractivity contribution in [2.75, 3.05) is 23.9 Å². The van der Waals surface area contributed by atoms with E-state index < -0.39 is 5.82 Å². The van der Waals surface area contributed by atoms with Gasteiger partial charge < -0.3 is 10.1 Å². The van der Waals surface area contributed by atoms with Gasteiger partial charge >= 0.3 is 6.03 Å². The summed E-state index contributed by atoms with van der Waals surface area (Å²) in [6.07, 6.45) is 1.57. The highest BCUT2D eigenvalue weighted by Crippen LogP contribution is 2.22. The molecule has 3 rings (SSSR count). The Morgan fingerprint density at radius 2 is 2.04 bits per heavy atom. The quantitative estimate of drug-likeness (QED) is 0.924. The lowest BCUT2D eigenvalue weighted by Crippen LogP contribution is -2.39. The van der Waals surface area contributed by atoms with Gasteiger partial charge in [-0.25, -0.2) is 9.18 Å². The molecule has 6 heteroatoms. The third kappa shape index (κ3) is 3.53.